The zero-order chi connectivity index (χ0) is 23.9. The summed E-state index contributed by atoms with van der Waals surface area (Å²) in [5.74, 6) is -2.26. The fourth-order valence-electron chi connectivity index (χ4n) is 3.34. The lowest BCUT2D eigenvalue weighted by Crippen LogP contribution is -2.16. The number of rotatable bonds is 6. The van der Waals surface area contributed by atoms with E-state index in [9.17, 15) is 17.9 Å². The van der Waals surface area contributed by atoms with E-state index in [1.807, 2.05) is 0 Å². The quantitative estimate of drug-likeness (QED) is 0.416. The summed E-state index contributed by atoms with van der Waals surface area (Å²) in [6.45, 7) is 1.55. The predicted molar refractivity (Wildman–Crippen MR) is 118 cm³/mol. The normalized spacial score (nSPS) is 12.7. The van der Waals surface area contributed by atoms with Crippen molar-refractivity contribution in [3.8, 4) is 17.0 Å². The second-order valence-corrected chi connectivity index (χ2v) is 9.15. The smallest absolute Gasteiger partial charge is 0.267 e. The third-order valence-corrected chi connectivity index (χ3v) is 6.42. The average molecular weight is 495 g/mol. The van der Waals surface area contributed by atoms with Crippen molar-refractivity contribution in [3.63, 3.8) is 0 Å². The highest BCUT2D eigenvalue weighted by molar-refractivity contribution is 7.92. The average Bonchev–Trinajstić information content (AvgIpc) is 3.19. The SMILES string of the molecule is COc1ncc(Cl)cc1S(=O)(=O)Nc1ccc(F)c(-c2ccc3c(C(C)O)ncn3c2)c1F. The zero-order valence-corrected chi connectivity index (χ0v) is 18.8. The number of hydrogen-bond acceptors (Lipinski definition) is 6. The topological polar surface area (TPSA) is 106 Å². The third kappa shape index (κ3) is 4.22. The molecule has 0 amide bonds. The number of methoxy groups -OCH3 is 1. The second kappa shape index (κ2) is 8.58. The van der Waals surface area contributed by atoms with Crippen LogP contribution in [0.2, 0.25) is 5.02 Å². The standard InChI is InChI=1S/C21H17ClF2N4O4S/c1-11(29)20-16-6-3-12(9-28(16)10-26-20)18-14(23)4-5-15(19(18)24)27-33(30,31)17-7-13(22)8-25-21(17)32-2/h3-11,27,29H,1-2H3. The Morgan fingerprint density at radius 3 is 2.67 bits per heavy atom. The molecule has 172 valence electrons. The molecule has 0 bridgehead atoms. The lowest BCUT2D eigenvalue weighted by molar-refractivity contribution is 0.196. The molecular weight excluding hydrogens is 478 g/mol. The van der Waals surface area contributed by atoms with Gasteiger partial charge in [0.2, 0.25) is 5.88 Å². The van der Waals surface area contributed by atoms with Crippen molar-refractivity contribution >= 4 is 32.8 Å². The molecule has 1 unspecified atom stereocenters. The van der Waals surface area contributed by atoms with Crippen LogP contribution in [0.5, 0.6) is 5.88 Å². The van der Waals surface area contributed by atoms with Gasteiger partial charge in [-0.25, -0.2) is 27.2 Å². The van der Waals surface area contributed by atoms with Crippen LogP contribution >= 0.6 is 11.6 Å². The molecule has 0 aliphatic carbocycles. The van der Waals surface area contributed by atoms with Crippen molar-refractivity contribution < 1.29 is 27.0 Å². The second-order valence-electron chi connectivity index (χ2n) is 7.07. The Morgan fingerprint density at radius 1 is 1.21 bits per heavy atom. The molecule has 3 aromatic heterocycles. The van der Waals surface area contributed by atoms with Crippen LogP contribution in [0, 0.1) is 11.6 Å². The molecule has 0 saturated carbocycles. The summed E-state index contributed by atoms with van der Waals surface area (Å²) >= 11 is 5.85. The maximum absolute atomic E-state index is 15.4. The zero-order valence-electron chi connectivity index (χ0n) is 17.3. The first kappa shape index (κ1) is 22.9. The van der Waals surface area contributed by atoms with Crippen LogP contribution in [0.4, 0.5) is 14.5 Å². The summed E-state index contributed by atoms with van der Waals surface area (Å²) in [6.07, 6.45) is 3.20. The molecule has 3 heterocycles. The number of aromatic nitrogens is 3. The Kier molecular flexibility index (Phi) is 5.95. The van der Waals surface area contributed by atoms with Crippen LogP contribution in [-0.2, 0) is 10.0 Å². The minimum absolute atomic E-state index is 0.0293. The Bertz CT molecular complexity index is 1470. The van der Waals surface area contributed by atoms with E-state index >= 15 is 4.39 Å². The Labute approximate surface area is 192 Å². The molecule has 4 rings (SSSR count). The number of benzene rings is 1. The largest absolute Gasteiger partial charge is 0.480 e. The van der Waals surface area contributed by atoms with Crippen LogP contribution in [-0.4, -0.2) is 35.0 Å². The summed E-state index contributed by atoms with van der Waals surface area (Å²) in [4.78, 5) is 7.49. The maximum Gasteiger partial charge on any atom is 0.267 e. The van der Waals surface area contributed by atoms with Gasteiger partial charge in [-0.2, -0.15) is 0 Å². The summed E-state index contributed by atoms with van der Waals surface area (Å²) in [7, 11) is -3.16. The van der Waals surface area contributed by atoms with Crippen LogP contribution in [0.3, 0.4) is 0 Å². The van der Waals surface area contributed by atoms with E-state index in [1.165, 1.54) is 36.3 Å². The molecule has 4 aromatic rings. The van der Waals surface area contributed by atoms with Crippen molar-refractivity contribution in [2.24, 2.45) is 0 Å². The molecule has 1 aromatic carbocycles. The fourth-order valence-corrected chi connectivity index (χ4v) is 4.77. The van der Waals surface area contributed by atoms with Gasteiger partial charge in [-0.15, -0.1) is 0 Å². The first-order valence-corrected chi connectivity index (χ1v) is 11.3. The van der Waals surface area contributed by atoms with Gasteiger partial charge in [-0.3, -0.25) is 4.72 Å². The highest BCUT2D eigenvalue weighted by Gasteiger charge is 2.25. The number of nitrogens with one attached hydrogen (secondary N) is 1. The van der Waals surface area contributed by atoms with Gasteiger partial charge in [0.15, 0.2) is 10.7 Å². The first-order chi connectivity index (χ1) is 15.6. The van der Waals surface area contributed by atoms with Crippen LogP contribution in [0.25, 0.3) is 16.6 Å². The van der Waals surface area contributed by atoms with Gasteiger partial charge in [-0.05, 0) is 31.2 Å². The number of hydrogen-bond donors (Lipinski definition) is 2. The van der Waals surface area contributed by atoms with Crippen LogP contribution in [0.15, 0.2) is 53.9 Å². The van der Waals surface area contributed by atoms with Gasteiger partial charge in [0.1, 0.15) is 5.82 Å². The molecule has 0 radical (unpaired) electrons. The number of halogens is 3. The van der Waals surface area contributed by atoms with E-state index in [0.29, 0.717) is 11.2 Å². The lowest BCUT2D eigenvalue weighted by atomic mass is 10.0. The first-order valence-electron chi connectivity index (χ1n) is 9.47. The monoisotopic (exact) mass is 494 g/mol. The minimum Gasteiger partial charge on any atom is -0.480 e. The van der Waals surface area contributed by atoms with Gasteiger partial charge >= 0.3 is 0 Å². The Hall–Kier alpha value is -3.28. The van der Waals surface area contributed by atoms with E-state index in [2.05, 4.69) is 14.7 Å². The number of aliphatic hydroxyl groups excluding tert-OH is 1. The molecule has 1 atom stereocenters. The number of ether oxygens (including phenoxy) is 1. The van der Waals surface area contributed by atoms with Gasteiger partial charge < -0.3 is 14.2 Å². The number of anilines is 1. The summed E-state index contributed by atoms with van der Waals surface area (Å²) < 4.78 is 64.3. The highest BCUT2D eigenvalue weighted by Crippen LogP contribution is 2.34. The van der Waals surface area contributed by atoms with Crippen molar-refractivity contribution in [1.82, 2.24) is 14.4 Å². The lowest BCUT2D eigenvalue weighted by Gasteiger charge is -2.14. The van der Waals surface area contributed by atoms with Crippen molar-refractivity contribution in [3.05, 3.63) is 71.4 Å². The van der Waals surface area contributed by atoms with Gasteiger partial charge in [0.25, 0.3) is 10.0 Å². The molecule has 0 saturated heterocycles. The molecule has 0 spiro atoms. The molecule has 8 nitrogen and oxygen atoms in total. The van der Waals surface area contributed by atoms with Crippen molar-refractivity contribution in [1.29, 1.82) is 0 Å². The minimum atomic E-state index is -4.38. The molecule has 2 N–H and O–H groups in total. The fraction of sp³-hybridized carbons (Fsp3) is 0.143. The van der Waals surface area contributed by atoms with Gasteiger partial charge in [-0.1, -0.05) is 17.7 Å². The van der Waals surface area contributed by atoms with E-state index in [0.717, 1.165) is 18.2 Å². The number of fused-ring (bicyclic) bond motifs is 1. The third-order valence-electron chi connectivity index (χ3n) is 4.85. The van der Waals surface area contributed by atoms with Crippen molar-refractivity contribution in [2.75, 3.05) is 11.8 Å². The summed E-state index contributed by atoms with van der Waals surface area (Å²) in [5.41, 5.74) is 0.180. The molecule has 33 heavy (non-hydrogen) atoms. The maximum atomic E-state index is 15.4. The molecule has 0 aliphatic rings. The molecule has 0 fully saturated rings. The number of sulfonamides is 1. The molecule has 0 aliphatic heterocycles. The summed E-state index contributed by atoms with van der Waals surface area (Å²) in [6, 6.07) is 6.03. The summed E-state index contributed by atoms with van der Waals surface area (Å²) in [5, 5.41) is 9.82. The van der Waals surface area contributed by atoms with E-state index < -0.39 is 43.9 Å². The van der Waals surface area contributed by atoms with Crippen LogP contribution in [0.1, 0.15) is 18.7 Å². The van der Waals surface area contributed by atoms with Gasteiger partial charge in [0, 0.05) is 18.0 Å². The van der Waals surface area contributed by atoms with Gasteiger partial charge in [0.05, 0.1) is 47.0 Å². The van der Waals surface area contributed by atoms with Crippen LogP contribution < -0.4 is 9.46 Å². The Morgan fingerprint density at radius 2 is 1.97 bits per heavy atom. The van der Waals surface area contributed by atoms with Crippen molar-refractivity contribution in [2.45, 2.75) is 17.9 Å². The Balaban J connectivity index is 1.78. The molecular formula is C21H17ClF2N4O4S. The predicted octanol–water partition coefficient (Wildman–Crippen LogP) is 4.19. The molecule has 12 heteroatoms. The number of imidazole rings is 1. The van der Waals surface area contributed by atoms with E-state index in [4.69, 9.17) is 16.3 Å². The number of aliphatic hydroxyl groups is 1. The number of pyridine rings is 2. The van der Waals surface area contributed by atoms with E-state index in [-0.39, 0.29) is 16.5 Å². The number of nitrogens with zero attached hydrogens (tertiary/aromatic N) is 3. The highest BCUT2D eigenvalue weighted by atomic mass is 35.5. The van der Waals surface area contributed by atoms with E-state index in [1.54, 1.807) is 13.0 Å².